The van der Waals surface area contributed by atoms with Crippen LogP contribution in [0.5, 0.6) is 0 Å². The van der Waals surface area contributed by atoms with Crippen molar-refractivity contribution in [3.8, 4) is 0 Å². The first-order chi connectivity index (χ1) is 11.3. The van der Waals surface area contributed by atoms with Crippen LogP contribution in [0.15, 0.2) is 68.2 Å². The molecular formula is C14H14N2O6S2. The Labute approximate surface area is 139 Å². The van der Waals surface area contributed by atoms with Gasteiger partial charge in [-0.1, -0.05) is 18.2 Å². The molecule has 0 radical (unpaired) electrons. The lowest BCUT2D eigenvalue weighted by Crippen LogP contribution is -2.13. The average Bonchev–Trinajstić information content (AvgIpc) is 2.55. The van der Waals surface area contributed by atoms with Crippen LogP contribution >= 0.6 is 0 Å². The zero-order chi connectivity index (χ0) is 17.8. The summed E-state index contributed by atoms with van der Waals surface area (Å²) in [5.74, 6) is -0.344. The Hall–Kier alpha value is -2.30. The van der Waals surface area contributed by atoms with Crippen molar-refractivity contribution in [1.29, 1.82) is 0 Å². The number of benzene rings is 2. The molecule has 0 heterocycles. The molecule has 2 rings (SSSR count). The number of nitrogens with zero attached hydrogens (tertiary/aromatic N) is 2. The van der Waals surface area contributed by atoms with Crippen LogP contribution in [-0.2, 0) is 19.8 Å². The summed E-state index contributed by atoms with van der Waals surface area (Å²) in [6.07, 6.45) is 0. The van der Waals surface area contributed by atoms with Gasteiger partial charge in [0.2, 0.25) is 0 Å². The molecule has 24 heavy (non-hydrogen) atoms. The minimum atomic E-state index is -4.31. The number of aliphatic hydroxyl groups excluding tert-OH is 1. The fraction of sp³-hybridized carbons (Fsp3) is 0.143. The molecular weight excluding hydrogens is 356 g/mol. The van der Waals surface area contributed by atoms with Crippen molar-refractivity contribution in [3.63, 3.8) is 0 Å². The molecule has 0 aliphatic rings. The summed E-state index contributed by atoms with van der Waals surface area (Å²) < 4.78 is 41.2. The van der Waals surface area contributed by atoms with Gasteiger partial charge < -0.3 is 5.11 Å². The second-order valence-electron chi connectivity index (χ2n) is 4.68. The molecule has 8 nitrogen and oxygen atoms in total. The lowest BCUT2D eigenvalue weighted by molar-refractivity contribution is -0.384. The van der Waals surface area contributed by atoms with Gasteiger partial charge in [0.15, 0.2) is 0 Å². The summed E-state index contributed by atoms with van der Waals surface area (Å²) in [5, 5.41) is 19.7. The van der Waals surface area contributed by atoms with Gasteiger partial charge >= 0.3 is 0 Å². The first-order valence-electron chi connectivity index (χ1n) is 6.70. The number of hydrogen-bond donors (Lipinski definition) is 1. The molecule has 0 fully saturated rings. The minimum Gasteiger partial charge on any atom is -0.395 e. The molecule has 0 bridgehead atoms. The van der Waals surface area contributed by atoms with Gasteiger partial charge in [-0.2, -0.15) is 8.42 Å². The Morgan fingerprint density at radius 2 is 1.54 bits per heavy atom. The topological polar surface area (TPSA) is 127 Å². The Kier molecular flexibility index (Phi) is 5.32. The highest BCUT2D eigenvalue weighted by Gasteiger charge is 2.21. The highest BCUT2D eigenvalue weighted by atomic mass is 32.3. The van der Waals surface area contributed by atoms with Gasteiger partial charge in [-0.05, 0) is 24.3 Å². The molecule has 0 amide bonds. The van der Waals surface area contributed by atoms with Crippen LogP contribution in [0.3, 0.4) is 0 Å². The highest BCUT2D eigenvalue weighted by Crippen LogP contribution is 2.22. The van der Waals surface area contributed by atoms with Crippen LogP contribution in [0, 0.1) is 10.1 Å². The minimum absolute atomic E-state index is 0.185. The van der Waals surface area contributed by atoms with E-state index >= 15 is 0 Å². The summed E-state index contributed by atoms with van der Waals surface area (Å²) >= 11 is 0. The van der Waals surface area contributed by atoms with Gasteiger partial charge in [0.05, 0.1) is 31.9 Å². The smallest absolute Gasteiger partial charge is 0.290 e. The summed E-state index contributed by atoms with van der Waals surface area (Å²) in [6, 6.07) is 11.9. The van der Waals surface area contributed by atoms with E-state index in [1.807, 2.05) is 0 Å². The normalized spacial score (nSPS) is 13.9. The molecule has 10 heteroatoms. The number of rotatable bonds is 6. The van der Waals surface area contributed by atoms with E-state index in [9.17, 15) is 22.7 Å². The van der Waals surface area contributed by atoms with E-state index in [2.05, 4.69) is 3.77 Å². The van der Waals surface area contributed by atoms with Crippen molar-refractivity contribution < 1.29 is 22.7 Å². The Morgan fingerprint density at radius 1 is 0.958 bits per heavy atom. The molecule has 0 aliphatic heterocycles. The molecule has 1 atom stereocenters. The fourth-order valence-electron chi connectivity index (χ4n) is 1.90. The van der Waals surface area contributed by atoms with Gasteiger partial charge in [0.25, 0.3) is 15.7 Å². The van der Waals surface area contributed by atoms with Crippen molar-refractivity contribution in [2.45, 2.75) is 9.79 Å². The predicted molar refractivity (Wildman–Crippen MR) is 87.5 cm³/mol. The summed E-state index contributed by atoms with van der Waals surface area (Å²) in [4.78, 5) is 9.83. The van der Waals surface area contributed by atoms with Gasteiger partial charge in [-0.15, -0.1) is 3.77 Å². The lowest BCUT2D eigenvalue weighted by atomic mass is 10.3. The fourth-order valence-corrected chi connectivity index (χ4v) is 5.70. The molecule has 2 aromatic carbocycles. The van der Waals surface area contributed by atoms with Crippen LogP contribution in [-0.4, -0.2) is 35.0 Å². The number of nitro groups is 1. The van der Waals surface area contributed by atoms with E-state index in [1.165, 1.54) is 12.1 Å². The van der Waals surface area contributed by atoms with E-state index in [1.54, 1.807) is 18.2 Å². The third-order valence-corrected chi connectivity index (χ3v) is 7.40. The molecule has 0 aliphatic carbocycles. The zero-order valence-corrected chi connectivity index (χ0v) is 13.9. The van der Waals surface area contributed by atoms with Crippen LogP contribution in [0.4, 0.5) is 5.69 Å². The van der Waals surface area contributed by atoms with Gasteiger partial charge in [-0.3, -0.25) is 10.1 Å². The van der Waals surface area contributed by atoms with E-state index in [0.717, 1.165) is 24.3 Å². The standard InChI is InChI=1S/C14H14N2O6S2/c17-10-11-23(20,13-4-2-1-3-5-13)15-24(21,22)14-8-6-12(7-9-14)16(18)19/h1-9,17H,10-11H2. The van der Waals surface area contributed by atoms with E-state index in [-0.39, 0.29) is 21.2 Å². The summed E-state index contributed by atoms with van der Waals surface area (Å²) in [7, 11) is -7.71. The Balaban J connectivity index is 2.55. The predicted octanol–water partition coefficient (Wildman–Crippen LogP) is 1.80. The van der Waals surface area contributed by atoms with Crippen LogP contribution in [0.25, 0.3) is 0 Å². The van der Waals surface area contributed by atoms with Gasteiger partial charge in [-0.25, -0.2) is 4.21 Å². The number of sulfonamides is 1. The Bertz CT molecular complexity index is 947. The van der Waals surface area contributed by atoms with Crippen molar-refractivity contribution in [1.82, 2.24) is 0 Å². The van der Waals surface area contributed by atoms with Crippen LogP contribution in [0.2, 0.25) is 0 Å². The number of hydrogen-bond acceptors (Lipinski definition) is 6. The number of aliphatic hydroxyl groups is 1. The van der Waals surface area contributed by atoms with Gasteiger partial charge in [0.1, 0.15) is 0 Å². The van der Waals surface area contributed by atoms with Crippen LogP contribution in [0.1, 0.15) is 0 Å². The quantitative estimate of drug-likeness (QED) is 0.610. The lowest BCUT2D eigenvalue weighted by Gasteiger charge is -2.09. The first-order valence-corrected chi connectivity index (χ1v) is 9.82. The maximum atomic E-state index is 12.9. The van der Waals surface area contributed by atoms with Crippen molar-refractivity contribution in [2.24, 2.45) is 3.77 Å². The number of nitro benzene ring substituents is 1. The largest absolute Gasteiger partial charge is 0.395 e. The summed E-state index contributed by atoms with van der Waals surface area (Å²) in [6.45, 7) is -0.507. The molecule has 1 unspecified atom stereocenters. The Morgan fingerprint density at radius 3 is 2.04 bits per heavy atom. The average molecular weight is 370 g/mol. The molecule has 0 spiro atoms. The highest BCUT2D eigenvalue weighted by molar-refractivity contribution is 8.03. The molecule has 0 aromatic heterocycles. The van der Waals surface area contributed by atoms with E-state index < -0.39 is 31.3 Å². The molecule has 0 saturated heterocycles. The van der Waals surface area contributed by atoms with Crippen molar-refractivity contribution in [3.05, 3.63) is 64.7 Å². The van der Waals surface area contributed by atoms with E-state index in [4.69, 9.17) is 5.11 Å². The van der Waals surface area contributed by atoms with Gasteiger partial charge in [0, 0.05) is 17.0 Å². The van der Waals surface area contributed by atoms with E-state index in [0.29, 0.717) is 0 Å². The van der Waals surface area contributed by atoms with Crippen molar-refractivity contribution >= 4 is 25.4 Å². The van der Waals surface area contributed by atoms with Crippen LogP contribution < -0.4 is 0 Å². The summed E-state index contributed by atoms with van der Waals surface area (Å²) in [5.41, 5.74) is -0.270. The molecule has 2 aromatic rings. The molecule has 128 valence electrons. The second-order valence-corrected chi connectivity index (χ2v) is 8.86. The molecule has 0 saturated carbocycles. The second kappa shape index (κ2) is 7.07. The first kappa shape index (κ1) is 18.0. The third-order valence-electron chi connectivity index (χ3n) is 3.04. The monoisotopic (exact) mass is 370 g/mol. The maximum Gasteiger partial charge on any atom is 0.290 e. The zero-order valence-electron chi connectivity index (χ0n) is 12.3. The maximum absolute atomic E-state index is 12.9. The van der Waals surface area contributed by atoms with Crippen molar-refractivity contribution in [2.75, 3.05) is 12.4 Å². The third kappa shape index (κ3) is 3.96. The molecule has 1 N–H and O–H groups in total. The number of non-ortho nitro benzene ring substituents is 1. The SMILES string of the molecule is O=[N+]([O-])c1ccc(S(=O)(=O)N=S(=O)(CCO)c2ccccc2)cc1.